The molecule has 21 heavy (non-hydrogen) atoms. The van der Waals surface area contributed by atoms with Gasteiger partial charge in [-0.15, -0.1) is 0 Å². The van der Waals surface area contributed by atoms with Crippen LogP contribution in [0.25, 0.3) is 0 Å². The van der Waals surface area contributed by atoms with Crippen LogP contribution >= 0.6 is 0 Å². The largest absolute Gasteiger partial charge is 0 e. The molecule has 21 radical (unpaired) electrons. The van der Waals surface area contributed by atoms with Crippen molar-refractivity contribution in [1.82, 2.24) is 0 Å². The van der Waals surface area contributed by atoms with Gasteiger partial charge in [-0.05, 0) is 0 Å². The van der Waals surface area contributed by atoms with Crippen LogP contribution in [0.4, 0.5) is 0 Å². The molecule has 21 heteroatoms. The Bertz CT molecular complexity index is 0. The Kier molecular flexibility index (Phi) is 2970. The maximum Gasteiger partial charge on any atom is 0 e. The first-order valence-corrected chi connectivity index (χ1v) is 0. The molecule has 0 atom stereocenters. The Morgan fingerprint density at radius 3 is 0.0476 bits per heavy atom. The summed E-state index contributed by atoms with van der Waals surface area (Å²) < 4.78 is 0. The van der Waals surface area contributed by atoms with Crippen LogP contribution in [0, 0.1) is 0 Å². The summed E-state index contributed by atoms with van der Waals surface area (Å²) in [6, 6.07) is 0. The third-order valence-electron chi connectivity index (χ3n) is 0. The van der Waals surface area contributed by atoms with Crippen molar-refractivity contribution in [1.29, 1.82) is 0 Å². The fourth-order valence-corrected chi connectivity index (χ4v) is 0. The Balaban J connectivity index is 0. The second kappa shape index (κ2) is 238. The second-order valence-electron chi connectivity index (χ2n) is 0. The molecule has 0 unspecified atom stereocenters. The maximum atomic E-state index is 0. The van der Waals surface area contributed by atoms with Crippen molar-refractivity contribution in [3.8, 4) is 0 Å². The molecule has 0 saturated heterocycles. The van der Waals surface area contributed by atoms with Crippen molar-refractivity contribution in [3.63, 3.8) is 0 Å². The zero-order valence-corrected chi connectivity index (χ0v) is 28.9. The molecular formula is Co21. The Hall–Kier alpha value is 10.6. The van der Waals surface area contributed by atoms with Gasteiger partial charge in [0.2, 0.25) is 0 Å². The molecule has 0 amide bonds. The van der Waals surface area contributed by atoms with Crippen molar-refractivity contribution in [3.05, 3.63) is 0 Å². The van der Waals surface area contributed by atoms with Crippen LogP contribution in [-0.2, 0) is 352 Å². The fourth-order valence-electron chi connectivity index (χ4n) is 0. The summed E-state index contributed by atoms with van der Waals surface area (Å²) in [6.07, 6.45) is 0. The minimum atomic E-state index is 0. The van der Waals surface area contributed by atoms with E-state index in [1.165, 1.54) is 0 Å². The van der Waals surface area contributed by atoms with Gasteiger partial charge in [0.05, 0.1) is 0 Å². The third-order valence-corrected chi connectivity index (χ3v) is 0. The molecule has 0 spiro atoms. The molecule has 0 saturated carbocycles. The monoisotopic (exact) mass is 1240 g/mol. The average Bonchev–Trinajstić information content (AvgIpc) is 0. The van der Waals surface area contributed by atoms with Gasteiger partial charge in [0.25, 0.3) is 0 Å². The zero-order valence-electron chi connectivity index (χ0n) is 7.00. The van der Waals surface area contributed by atoms with E-state index < -0.39 is 0 Å². The van der Waals surface area contributed by atoms with Gasteiger partial charge in [0, 0.05) is 352 Å². The van der Waals surface area contributed by atoms with Crippen molar-refractivity contribution >= 4 is 0 Å². The molecular weight excluding hydrogens is 1240 g/mol. The van der Waals surface area contributed by atoms with E-state index >= 15 is 0 Å². The van der Waals surface area contributed by atoms with E-state index in [1.54, 1.807) is 0 Å². The molecule has 0 nitrogen and oxygen atoms in total. The summed E-state index contributed by atoms with van der Waals surface area (Å²) in [5.41, 5.74) is 0. The third kappa shape index (κ3) is 222. The first-order valence-electron chi connectivity index (χ1n) is 0. The van der Waals surface area contributed by atoms with Crippen LogP contribution in [-0.4, -0.2) is 0 Å². The van der Waals surface area contributed by atoms with E-state index in [0.29, 0.717) is 0 Å². The minimum absolute atomic E-state index is 0. The van der Waals surface area contributed by atoms with E-state index in [-0.39, 0.29) is 352 Å². The molecule has 0 rings (SSSR count). The SMILES string of the molecule is [Co].[Co].[Co].[Co].[Co].[Co].[Co].[Co].[Co].[Co].[Co].[Co].[Co].[Co].[Co].[Co].[Co].[Co].[Co].[Co].[Co]. The van der Waals surface area contributed by atoms with Crippen molar-refractivity contribution in [2.45, 2.75) is 0 Å². The molecule has 0 aromatic rings. The molecule has 0 fully saturated rings. The molecule has 0 bridgehead atoms. The fraction of sp³-hybridized carbons (Fsp3) is 0. The summed E-state index contributed by atoms with van der Waals surface area (Å²) in [7, 11) is 0. The Morgan fingerprint density at radius 1 is 0.0476 bits per heavy atom. The first-order chi connectivity index (χ1) is 0. The van der Waals surface area contributed by atoms with Gasteiger partial charge in [0.15, 0.2) is 0 Å². The quantitative estimate of drug-likeness (QED) is 0.320. The number of rotatable bonds is 0. The topological polar surface area (TPSA) is 0 Å². The van der Waals surface area contributed by atoms with Crippen LogP contribution in [0.3, 0.4) is 0 Å². The van der Waals surface area contributed by atoms with Crippen molar-refractivity contribution in [2.75, 3.05) is 0 Å². The summed E-state index contributed by atoms with van der Waals surface area (Å²) in [6.45, 7) is 0. The van der Waals surface area contributed by atoms with E-state index in [0.717, 1.165) is 0 Å². The van der Waals surface area contributed by atoms with Crippen LogP contribution in [0.15, 0.2) is 0 Å². The standard InChI is InChI=1S/21Co. The van der Waals surface area contributed by atoms with Gasteiger partial charge in [-0.25, -0.2) is 0 Å². The second-order valence-corrected chi connectivity index (χ2v) is 0. The molecule has 0 aliphatic heterocycles. The molecule has 0 aliphatic rings. The molecule has 0 N–H and O–H groups in total. The van der Waals surface area contributed by atoms with Crippen LogP contribution in [0.1, 0.15) is 0 Å². The van der Waals surface area contributed by atoms with E-state index in [9.17, 15) is 0 Å². The van der Waals surface area contributed by atoms with Crippen molar-refractivity contribution in [2.24, 2.45) is 0 Å². The van der Waals surface area contributed by atoms with Crippen LogP contribution in [0.2, 0.25) is 0 Å². The molecule has 0 aromatic carbocycles. The van der Waals surface area contributed by atoms with E-state index in [4.69, 9.17) is 0 Å². The molecule has 189 valence electrons. The van der Waals surface area contributed by atoms with Gasteiger partial charge >= 0.3 is 0 Å². The Labute approximate surface area is 344 Å². The van der Waals surface area contributed by atoms with Crippen LogP contribution in [0.5, 0.6) is 0 Å². The Morgan fingerprint density at radius 2 is 0.0476 bits per heavy atom. The van der Waals surface area contributed by atoms with Gasteiger partial charge in [-0.3, -0.25) is 0 Å². The normalized spacial score (nSPS) is 0. The predicted octanol–water partition coefficient (Wildman–Crippen LogP) is -0.0525. The minimum Gasteiger partial charge on any atom is 0 e. The number of hydrogen-bond acceptors (Lipinski definition) is 0. The van der Waals surface area contributed by atoms with Gasteiger partial charge in [-0.1, -0.05) is 0 Å². The van der Waals surface area contributed by atoms with Gasteiger partial charge in [-0.2, -0.15) is 0 Å². The predicted molar refractivity (Wildman–Crippen MR) is 0 cm³/mol. The van der Waals surface area contributed by atoms with Gasteiger partial charge in [0.1, 0.15) is 0 Å². The summed E-state index contributed by atoms with van der Waals surface area (Å²) in [4.78, 5) is 0. The van der Waals surface area contributed by atoms with E-state index in [1.807, 2.05) is 0 Å². The van der Waals surface area contributed by atoms with Crippen LogP contribution < -0.4 is 0 Å². The van der Waals surface area contributed by atoms with E-state index in [2.05, 4.69) is 0 Å². The zero-order chi connectivity index (χ0) is 0. The first kappa shape index (κ1) is 262. The average molecular weight is 1240 g/mol. The summed E-state index contributed by atoms with van der Waals surface area (Å²) in [5.74, 6) is 0. The summed E-state index contributed by atoms with van der Waals surface area (Å²) >= 11 is 0. The smallest absolute Gasteiger partial charge is 0 e. The summed E-state index contributed by atoms with van der Waals surface area (Å²) in [5, 5.41) is 0. The van der Waals surface area contributed by atoms with Crippen molar-refractivity contribution < 1.29 is 352 Å². The number of hydrogen-bond donors (Lipinski definition) is 0. The van der Waals surface area contributed by atoms with Gasteiger partial charge < -0.3 is 0 Å². The maximum absolute atomic E-state index is 0. The molecule has 0 heterocycles. The molecule has 0 aromatic heterocycles. The molecule has 0 aliphatic carbocycles.